The fraction of sp³-hybridized carbons (Fsp3) is 0.250. The van der Waals surface area contributed by atoms with Crippen LogP contribution in [-0.4, -0.2) is 16.5 Å². The second-order valence-electron chi connectivity index (χ2n) is 5.21. The highest BCUT2D eigenvalue weighted by atomic mass is 79.9. The molecule has 0 radical (unpaired) electrons. The number of aromatic nitrogens is 2. The van der Waals surface area contributed by atoms with Gasteiger partial charge in [0.2, 0.25) is 0 Å². The predicted molar refractivity (Wildman–Crippen MR) is 90.9 cm³/mol. The van der Waals surface area contributed by atoms with E-state index in [0.717, 1.165) is 28.8 Å². The van der Waals surface area contributed by atoms with E-state index in [4.69, 9.17) is 4.98 Å². The van der Waals surface area contributed by atoms with Crippen molar-refractivity contribution in [2.75, 3.05) is 11.4 Å². The number of fused-ring (bicyclic) bond motifs is 1. The van der Waals surface area contributed by atoms with Gasteiger partial charge in [-0.25, -0.2) is 9.97 Å². The molecule has 106 valence electrons. The molecule has 3 heterocycles. The molecule has 0 saturated carbocycles. The van der Waals surface area contributed by atoms with Gasteiger partial charge in [0.15, 0.2) is 0 Å². The highest BCUT2D eigenvalue weighted by Gasteiger charge is 2.29. The highest BCUT2D eigenvalue weighted by Crippen LogP contribution is 2.38. The lowest BCUT2D eigenvalue weighted by Crippen LogP contribution is -2.23. The lowest BCUT2D eigenvalue weighted by molar-refractivity contribution is 0.707. The zero-order valence-electron chi connectivity index (χ0n) is 11.4. The van der Waals surface area contributed by atoms with Gasteiger partial charge in [0, 0.05) is 17.2 Å². The Labute approximate surface area is 135 Å². The molecule has 1 saturated heterocycles. The Balaban J connectivity index is 1.71. The molecule has 1 aromatic carbocycles. The molecule has 4 rings (SSSR count). The van der Waals surface area contributed by atoms with Gasteiger partial charge >= 0.3 is 0 Å². The van der Waals surface area contributed by atoms with Crippen molar-refractivity contribution in [2.45, 2.75) is 18.9 Å². The maximum Gasteiger partial charge on any atom is 0.129 e. The van der Waals surface area contributed by atoms with E-state index in [0.29, 0.717) is 6.04 Å². The number of thiazole rings is 1. The normalized spacial score (nSPS) is 18.5. The minimum absolute atomic E-state index is 0.357. The summed E-state index contributed by atoms with van der Waals surface area (Å²) in [7, 11) is 0. The number of nitrogens with zero attached hydrogens (tertiary/aromatic N) is 3. The van der Waals surface area contributed by atoms with Crippen molar-refractivity contribution in [3.05, 3.63) is 52.1 Å². The van der Waals surface area contributed by atoms with E-state index < -0.39 is 0 Å². The summed E-state index contributed by atoms with van der Waals surface area (Å²) in [5.74, 6) is 1.04. The van der Waals surface area contributed by atoms with Crippen LogP contribution in [0.5, 0.6) is 0 Å². The van der Waals surface area contributed by atoms with Crippen molar-refractivity contribution in [1.82, 2.24) is 9.97 Å². The lowest BCUT2D eigenvalue weighted by atomic mass is 10.2. The average molecular weight is 360 g/mol. The standard InChI is InChI=1S/C16H14BrN3S/c17-11-7-8-15(18-10-11)20-9-3-5-13(20)16-19-12-4-1-2-6-14(12)21-16/h1-2,4,6-8,10,13H,3,5,9H2. The maximum absolute atomic E-state index is 4.83. The van der Waals surface area contributed by atoms with E-state index in [-0.39, 0.29) is 0 Å². The maximum atomic E-state index is 4.83. The Morgan fingerprint density at radius 2 is 2.10 bits per heavy atom. The minimum Gasteiger partial charge on any atom is -0.347 e. The van der Waals surface area contributed by atoms with Gasteiger partial charge in [-0.2, -0.15) is 0 Å². The summed E-state index contributed by atoms with van der Waals surface area (Å²) >= 11 is 5.25. The Kier molecular flexibility index (Phi) is 3.39. The van der Waals surface area contributed by atoms with Crippen LogP contribution >= 0.6 is 27.3 Å². The van der Waals surface area contributed by atoms with Gasteiger partial charge in [-0.05, 0) is 53.0 Å². The first kappa shape index (κ1) is 13.2. The molecule has 21 heavy (non-hydrogen) atoms. The number of benzene rings is 1. The summed E-state index contributed by atoms with van der Waals surface area (Å²) in [6.45, 7) is 1.05. The fourth-order valence-electron chi connectivity index (χ4n) is 2.87. The van der Waals surface area contributed by atoms with Crippen LogP contribution in [0.1, 0.15) is 23.9 Å². The van der Waals surface area contributed by atoms with Gasteiger partial charge < -0.3 is 4.90 Å². The fourth-order valence-corrected chi connectivity index (χ4v) is 4.22. The summed E-state index contributed by atoms with van der Waals surface area (Å²) in [5.41, 5.74) is 1.10. The molecule has 2 aromatic heterocycles. The molecular weight excluding hydrogens is 346 g/mol. The largest absolute Gasteiger partial charge is 0.347 e. The van der Waals surface area contributed by atoms with Crippen molar-refractivity contribution >= 4 is 43.3 Å². The molecule has 1 aliphatic heterocycles. The molecule has 3 aromatic rings. The van der Waals surface area contributed by atoms with Gasteiger partial charge in [-0.15, -0.1) is 11.3 Å². The Morgan fingerprint density at radius 3 is 2.90 bits per heavy atom. The third-order valence-electron chi connectivity index (χ3n) is 3.85. The van der Waals surface area contributed by atoms with Gasteiger partial charge in [-0.1, -0.05) is 12.1 Å². The molecule has 0 bridgehead atoms. The van der Waals surface area contributed by atoms with Gasteiger partial charge in [0.1, 0.15) is 10.8 Å². The molecule has 1 fully saturated rings. The second kappa shape index (κ2) is 5.39. The summed E-state index contributed by atoms with van der Waals surface area (Å²) < 4.78 is 2.28. The SMILES string of the molecule is Brc1ccc(N2CCCC2c2nc3ccccc3s2)nc1. The third-order valence-corrected chi connectivity index (χ3v) is 5.46. The van der Waals surface area contributed by atoms with Gasteiger partial charge in [-0.3, -0.25) is 0 Å². The summed E-state index contributed by atoms with van der Waals surface area (Å²) in [4.78, 5) is 11.8. The predicted octanol–water partition coefficient (Wildman–Crippen LogP) is 4.80. The molecule has 1 unspecified atom stereocenters. The van der Waals surface area contributed by atoms with Crippen molar-refractivity contribution in [3.63, 3.8) is 0 Å². The molecule has 0 amide bonds. The first-order chi connectivity index (χ1) is 10.3. The number of pyridine rings is 1. The first-order valence-corrected chi connectivity index (χ1v) is 8.66. The van der Waals surface area contributed by atoms with Gasteiger partial charge in [0.05, 0.1) is 16.3 Å². The summed E-state index contributed by atoms with van der Waals surface area (Å²) in [6, 6.07) is 12.9. The van der Waals surface area contributed by atoms with Crippen molar-refractivity contribution in [2.24, 2.45) is 0 Å². The smallest absolute Gasteiger partial charge is 0.129 e. The Bertz CT molecular complexity index is 736. The molecule has 1 atom stereocenters. The van der Waals surface area contributed by atoms with Crippen LogP contribution in [0, 0.1) is 0 Å². The van der Waals surface area contributed by atoms with Crippen molar-refractivity contribution in [3.8, 4) is 0 Å². The van der Waals surface area contributed by atoms with Crippen LogP contribution in [0.3, 0.4) is 0 Å². The number of hydrogen-bond acceptors (Lipinski definition) is 4. The Morgan fingerprint density at radius 1 is 1.19 bits per heavy atom. The third kappa shape index (κ3) is 2.45. The summed E-state index contributed by atoms with van der Waals surface area (Å²) in [5, 5.41) is 1.21. The van der Waals surface area contributed by atoms with E-state index in [1.165, 1.54) is 16.1 Å². The lowest BCUT2D eigenvalue weighted by Gasteiger charge is -2.24. The Hall–Kier alpha value is -1.46. The van der Waals surface area contributed by atoms with Crippen LogP contribution in [0.2, 0.25) is 0 Å². The second-order valence-corrected chi connectivity index (χ2v) is 7.18. The molecule has 0 N–H and O–H groups in total. The summed E-state index contributed by atoms with van der Waals surface area (Å²) in [6.07, 6.45) is 4.21. The topological polar surface area (TPSA) is 29.0 Å². The van der Waals surface area contributed by atoms with Crippen LogP contribution in [0.25, 0.3) is 10.2 Å². The molecule has 0 aliphatic carbocycles. The van der Waals surface area contributed by atoms with E-state index in [2.05, 4.69) is 62.2 Å². The number of halogens is 1. The number of rotatable bonds is 2. The molecule has 5 heteroatoms. The van der Waals surface area contributed by atoms with Crippen molar-refractivity contribution in [1.29, 1.82) is 0 Å². The minimum atomic E-state index is 0.357. The van der Waals surface area contributed by atoms with E-state index >= 15 is 0 Å². The zero-order valence-corrected chi connectivity index (χ0v) is 13.8. The quantitative estimate of drug-likeness (QED) is 0.658. The number of hydrogen-bond donors (Lipinski definition) is 0. The van der Waals surface area contributed by atoms with Gasteiger partial charge in [0.25, 0.3) is 0 Å². The molecule has 1 aliphatic rings. The zero-order chi connectivity index (χ0) is 14.2. The van der Waals surface area contributed by atoms with Crippen LogP contribution in [0.4, 0.5) is 5.82 Å². The van der Waals surface area contributed by atoms with E-state index in [1.807, 2.05) is 6.20 Å². The van der Waals surface area contributed by atoms with E-state index in [9.17, 15) is 0 Å². The number of para-hydroxylation sites is 1. The molecule has 0 spiro atoms. The van der Waals surface area contributed by atoms with Crippen LogP contribution in [-0.2, 0) is 0 Å². The average Bonchev–Trinajstić information content (AvgIpc) is 3.14. The van der Waals surface area contributed by atoms with Crippen LogP contribution < -0.4 is 4.90 Å². The first-order valence-electron chi connectivity index (χ1n) is 7.05. The van der Waals surface area contributed by atoms with E-state index in [1.54, 1.807) is 11.3 Å². The highest BCUT2D eigenvalue weighted by molar-refractivity contribution is 9.10. The molecular formula is C16H14BrN3S. The molecule has 3 nitrogen and oxygen atoms in total. The van der Waals surface area contributed by atoms with Crippen LogP contribution in [0.15, 0.2) is 47.1 Å². The monoisotopic (exact) mass is 359 g/mol. The van der Waals surface area contributed by atoms with Crippen molar-refractivity contribution < 1.29 is 0 Å². The number of anilines is 1.